The highest BCUT2D eigenvalue weighted by Crippen LogP contribution is 2.15. The second kappa shape index (κ2) is 10.6. The lowest BCUT2D eigenvalue weighted by Gasteiger charge is -2.35. The number of aryl methyl sites for hydroxylation is 1. The number of aliphatic hydroxyl groups is 1. The Hall–Kier alpha value is -1.44. The molecule has 0 saturated carbocycles. The van der Waals surface area contributed by atoms with E-state index in [1.54, 1.807) is 6.20 Å². The zero-order valence-corrected chi connectivity index (χ0v) is 16.4. The van der Waals surface area contributed by atoms with Gasteiger partial charge in [0, 0.05) is 51.0 Å². The number of rotatable bonds is 10. The molecule has 1 aromatic rings. The molecular weight excluding hydrogens is 332 g/mol. The molecule has 2 rings (SSSR count). The minimum absolute atomic E-state index is 0.191. The van der Waals surface area contributed by atoms with Crippen LogP contribution < -0.4 is 0 Å². The molecule has 1 unspecified atom stereocenters. The van der Waals surface area contributed by atoms with Gasteiger partial charge in [0.25, 0.3) is 0 Å². The summed E-state index contributed by atoms with van der Waals surface area (Å²) in [4.78, 5) is 21.0. The topological polar surface area (TPSA) is 70.8 Å². The first-order valence-electron chi connectivity index (χ1n) is 9.75. The molecular formula is C19H34N4O3. The van der Waals surface area contributed by atoms with Gasteiger partial charge in [-0.3, -0.25) is 4.79 Å². The van der Waals surface area contributed by atoms with E-state index in [0.717, 1.165) is 44.6 Å². The summed E-state index contributed by atoms with van der Waals surface area (Å²) in [7, 11) is 4.20. The molecule has 0 aromatic carbocycles. The van der Waals surface area contributed by atoms with Gasteiger partial charge >= 0.3 is 0 Å². The second-order valence-corrected chi connectivity index (χ2v) is 7.25. The average molecular weight is 367 g/mol. The average Bonchev–Trinajstić information content (AvgIpc) is 3.07. The fraction of sp³-hybridized carbons (Fsp3) is 0.789. The number of carbonyl (C=O) groups excluding carboxylic acids is 1. The van der Waals surface area contributed by atoms with Crippen LogP contribution in [-0.2, 0) is 22.5 Å². The minimum Gasteiger partial charge on any atom is -0.366 e. The number of hydrogen-bond acceptors (Lipinski definition) is 5. The van der Waals surface area contributed by atoms with Gasteiger partial charge in [0.15, 0.2) is 6.29 Å². The predicted octanol–water partition coefficient (Wildman–Crippen LogP) is 1.50. The molecule has 0 spiro atoms. The number of carbonyl (C=O) groups is 1. The Morgan fingerprint density at radius 2 is 2.15 bits per heavy atom. The lowest BCUT2D eigenvalue weighted by Crippen LogP contribution is -2.44. The monoisotopic (exact) mass is 366 g/mol. The number of likely N-dealkylation sites (tertiary alicyclic amines) is 1. The van der Waals surface area contributed by atoms with Crippen LogP contribution in [0.3, 0.4) is 0 Å². The van der Waals surface area contributed by atoms with Crippen LogP contribution in [0.5, 0.6) is 0 Å². The van der Waals surface area contributed by atoms with E-state index in [9.17, 15) is 9.90 Å². The molecule has 1 aliphatic rings. The number of nitrogens with zero attached hydrogens (tertiary/aromatic N) is 4. The van der Waals surface area contributed by atoms with Gasteiger partial charge < -0.3 is 24.2 Å². The van der Waals surface area contributed by atoms with Crippen LogP contribution in [0.25, 0.3) is 0 Å². The molecule has 2 heterocycles. The molecule has 7 nitrogen and oxygen atoms in total. The van der Waals surface area contributed by atoms with Crippen LogP contribution in [-0.4, -0.2) is 76.5 Å². The molecule has 1 aromatic heterocycles. The van der Waals surface area contributed by atoms with Crippen molar-refractivity contribution >= 4 is 5.91 Å². The van der Waals surface area contributed by atoms with E-state index in [2.05, 4.69) is 30.9 Å². The quantitative estimate of drug-likeness (QED) is 0.502. The largest absolute Gasteiger partial charge is 0.366 e. The Morgan fingerprint density at radius 1 is 1.42 bits per heavy atom. The lowest BCUT2D eigenvalue weighted by molar-refractivity contribution is -0.132. The van der Waals surface area contributed by atoms with Gasteiger partial charge in [0.2, 0.25) is 5.91 Å². The summed E-state index contributed by atoms with van der Waals surface area (Å²) in [5.41, 5.74) is 0. The maximum Gasteiger partial charge on any atom is 0.223 e. The fourth-order valence-corrected chi connectivity index (χ4v) is 3.33. The zero-order chi connectivity index (χ0) is 18.9. The lowest BCUT2D eigenvalue weighted by atomic mass is 10.0. The highest BCUT2D eigenvalue weighted by molar-refractivity contribution is 5.76. The third-order valence-corrected chi connectivity index (χ3v) is 5.07. The van der Waals surface area contributed by atoms with Crippen LogP contribution in [0, 0.1) is 0 Å². The Morgan fingerprint density at radius 3 is 2.81 bits per heavy atom. The number of aromatic nitrogens is 2. The van der Waals surface area contributed by atoms with Crippen molar-refractivity contribution in [2.45, 2.75) is 64.3 Å². The smallest absolute Gasteiger partial charge is 0.223 e. The van der Waals surface area contributed by atoms with Crippen molar-refractivity contribution in [2.24, 2.45) is 0 Å². The maximum atomic E-state index is 12.5. The van der Waals surface area contributed by atoms with E-state index >= 15 is 0 Å². The molecule has 0 radical (unpaired) electrons. The number of imidazole rings is 1. The number of ether oxygens (including phenoxy) is 1. The molecule has 1 aliphatic heterocycles. The van der Waals surface area contributed by atoms with Gasteiger partial charge in [-0.25, -0.2) is 4.98 Å². The Labute approximate surface area is 156 Å². The van der Waals surface area contributed by atoms with Crippen LogP contribution >= 0.6 is 0 Å². The van der Waals surface area contributed by atoms with E-state index < -0.39 is 6.29 Å². The van der Waals surface area contributed by atoms with Gasteiger partial charge in [-0.05, 0) is 33.4 Å². The Balaban J connectivity index is 1.76. The van der Waals surface area contributed by atoms with Crippen molar-refractivity contribution in [1.29, 1.82) is 0 Å². The van der Waals surface area contributed by atoms with Crippen molar-refractivity contribution in [3.05, 3.63) is 18.2 Å². The Bertz CT molecular complexity index is 539. The molecule has 0 aliphatic carbocycles. The maximum absolute atomic E-state index is 12.5. The summed E-state index contributed by atoms with van der Waals surface area (Å²) in [6.45, 7) is 4.66. The van der Waals surface area contributed by atoms with E-state index in [-0.39, 0.29) is 5.91 Å². The van der Waals surface area contributed by atoms with Crippen LogP contribution in [0.2, 0.25) is 0 Å². The standard InChI is InChI=1S/C19H34N4O3/c1-4-5-14-26-19(25)15-23-13-10-20-17(23)6-7-18(24)22-11-8-16(9-12-22)21(2)3/h10,13,16,19,25H,4-9,11-12,14-15H2,1-3H3. The SMILES string of the molecule is CCCCOC(O)Cn1ccnc1CCC(=O)N1CCC(N(C)C)CC1. The normalized spacial score (nSPS) is 17.0. The third-order valence-electron chi connectivity index (χ3n) is 5.07. The Kier molecular flexibility index (Phi) is 8.54. The van der Waals surface area contributed by atoms with Crippen molar-refractivity contribution in [2.75, 3.05) is 33.8 Å². The van der Waals surface area contributed by atoms with Gasteiger partial charge in [0.05, 0.1) is 6.54 Å². The fourth-order valence-electron chi connectivity index (χ4n) is 3.33. The molecule has 1 atom stereocenters. The van der Waals surface area contributed by atoms with E-state index in [0.29, 0.717) is 32.0 Å². The second-order valence-electron chi connectivity index (χ2n) is 7.25. The molecule has 1 fully saturated rings. The van der Waals surface area contributed by atoms with Gasteiger partial charge in [-0.15, -0.1) is 0 Å². The van der Waals surface area contributed by atoms with Gasteiger partial charge in [-0.2, -0.15) is 0 Å². The number of amides is 1. The molecule has 26 heavy (non-hydrogen) atoms. The molecule has 1 N–H and O–H groups in total. The minimum atomic E-state index is -0.838. The van der Waals surface area contributed by atoms with Crippen LogP contribution in [0.1, 0.15) is 44.9 Å². The zero-order valence-electron chi connectivity index (χ0n) is 16.4. The van der Waals surface area contributed by atoms with Gasteiger partial charge in [0.1, 0.15) is 5.82 Å². The summed E-state index contributed by atoms with van der Waals surface area (Å²) >= 11 is 0. The molecule has 148 valence electrons. The molecule has 0 bridgehead atoms. The molecule has 1 saturated heterocycles. The molecule has 1 amide bonds. The summed E-state index contributed by atoms with van der Waals surface area (Å²) < 4.78 is 7.27. The number of hydrogen-bond donors (Lipinski definition) is 1. The first-order chi connectivity index (χ1) is 12.5. The van der Waals surface area contributed by atoms with Crippen LogP contribution in [0.15, 0.2) is 12.4 Å². The summed E-state index contributed by atoms with van der Waals surface area (Å²) in [5.74, 6) is 1.01. The summed E-state index contributed by atoms with van der Waals surface area (Å²) in [6, 6.07) is 0.576. The van der Waals surface area contributed by atoms with E-state index in [4.69, 9.17) is 4.74 Å². The van der Waals surface area contributed by atoms with E-state index in [1.165, 1.54) is 0 Å². The van der Waals surface area contributed by atoms with Crippen molar-refractivity contribution in [3.63, 3.8) is 0 Å². The van der Waals surface area contributed by atoms with Crippen molar-refractivity contribution in [1.82, 2.24) is 19.4 Å². The first-order valence-corrected chi connectivity index (χ1v) is 9.75. The summed E-state index contributed by atoms with van der Waals surface area (Å²) in [6.07, 6.45) is 7.79. The molecule has 7 heteroatoms. The number of piperidine rings is 1. The van der Waals surface area contributed by atoms with E-state index in [1.807, 2.05) is 15.7 Å². The van der Waals surface area contributed by atoms with Gasteiger partial charge in [-0.1, -0.05) is 13.3 Å². The highest BCUT2D eigenvalue weighted by atomic mass is 16.6. The van der Waals surface area contributed by atoms with Crippen molar-refractivity contribution < 1.29 is 14.6 Å². The number of aliphatic hydroxyl groups excluding tert-OH is 1. The predicted molar refractivity (Wildman–Crippen MR) is 101 cm³/mol. The first kappa shape index (κ1) is 20.9. The highest BCUT2D eigenvalue weighted by Gasteiger charge is 2.23. The number of unbranched alkanes of at least 4 members (excludes halogenated alkanes) is 1. The van der Waals surface area contributed by atoms with Crippen LogP contribution in [0.4, 0.5) is 0 Å². The third kappa shape index (κ3) is 6.37. The summed E-state index contributed by atoms with van der Waals surface area (Å²) in [5, 5.41) is 9.97. The van der Waals surface area contributed by atoms with Crippen molar-refractivity contribution in [3.8, 4) is 0 Å².